The molecule has 0 spiro atoms. The van der Waals surface area contributed by atoms with E-state index >= 15 is 0 Å². The summed E-state index contributed by atoms with van der Waals surface area (Å²) in [7, 11) is 1.62. The topological polar surface area (TPSA) is 54.5 Å². The normalized spacial score (nSPS) is 11.2. The van der Waals surface area contributed by atoms with E-state index in [9.17, 15) is 9.18 Å². The third-order valence-corrected chi connectivity index (χ3v) is 5.44. The van der Waals surface area contributed by atoms with Gasteiger partial charge in [0.2, 0.25) is 5.91 Å². The smallest absolute Gasteiger partial charge is 0.240 e. The summed E-state index contributed by atoms with van der Waals surface area (Å²) in [5.41, 5.74) is 2.59. The fraction of sp³-hybridized carbons (Fsp3) is 0.304. The van der Waals surface area contributed by atoms with Crippen LogP contribution in [-0.4, -0.2) is 24.5 Å². The lowest BCUT2D eigenvalue weighted by atomic mass is 9.93. The Kier molecular flexibility index (Phi) is 6.72. The van der Waals surface area contributed by atoms with Crippen LogP contribution in [0.4, 0.5) is 15.2 Å². The lowest BCUT2D eigenvalue weighted by molar-refractivity contribution is -0.119. The van der Waals surface area contributed by atoms with Crippen molar-refractivity contribution in [1.82, 2.24) is 10.3 Å². The minimum Gasteiger partial charge on any atom is -0.497 e. The molecule has 5 nitrogen and oxygen atoms in total. The Bertz CT molecular complexity index is 979. The zero-order valence-electron chi connectivity index (χ0n) is 17.6. The zero-order valence-corrected chi connectivity index (χ0v) is 18.4. The molecule has 0 bridgehead atoms. The molecule has 1 aromatic heterocycles. The fourth-order valence-electron chi connectivity index (χ4n) is 2.77. The van der Waals surface area contributed by atoms with Gasteiger partial charge in [0.1, 0.15) is 18.1 Å². The number of carbonyl (C=O) groups is 1. The number of ether oxygens (including phenoxy) is 1. The number of anilines is 2. The zero-order chi connectivity index (χ0) is 21.7. The molecule has 2 aromatic carbocycles. The lowest BCUT2D eigenvalue weighted by Crippen LogP contribution is -2.34. The van der Waals surface area contributed by atoms with Gasteiger partial charge in [0.15, 0.2) is 5.13 Å². The van der Waals surface area contributed by atoms with Gasteiger partial charge in [0.25, 0.3) is 0 Å². The van der Waals surface area contributed by atoms with Crippen molar-refractivity contribution in [2.45, 2.75) is 32.7 Å². The third-order valence-electron chi connectivity index (χ3n) is 4.58. The SMILES string of the molecule is COc1ccc(N(CC(=O)NCc2ccc(F)cc2)c2nc(C(C)(C)C)cs2)cc1. The van der Waals surface area contributed by atoms with Gasteiger partial charge >= 0.3 is 0 Å². The molecule has 30 heavy (non-hydrogen) atoms. The minimum absolute atomic E-state index is 0.0782. The Morgan fingerprint density at radius 3 is 2.37 bits per heavy atom. The van der Waals surface area contributed by atoms with Crippen molar-refractivity contribution in [1.29, 1.82) is 0 Å². The molecule has 0 radical (unpaired) electrons. The number of aromatic nitrogens is 1. The molecule has 0 saturated heterocycles. The molecule has 0 aliphatic heterocycles. The molecule has 3 rings (SSSR count). The van der Waals surface area contributed by atoms with E-state index in [4.69, 9.17) is 9.72 Å². The minimum atomic E-state index is -0.297. The summed E-state index contributed by atoms with van der Waals surface area (Å²) in [5, 5.41) is 5.68. The summed E-state index contributed by atoms with van der Waals surface area (Å²) >= 11 is 1.51. The van der Waals surface area contributed by atoms with Crippen molar-refractivity contribution in [2.24, 2.45) is 0 Å². The number of carbonyl (C=O) groups excluding carboxylic acids is 1. The number of thiazole rings is 1. The largest absolute Gasteiger partial charge is 0.497 e. The van der Waals surface area contributed by atoms with Crippen LogP contribution in [0.25, 0.3) is 0 Å². The first-order valence-corrected chi connectivity index (χ1v) is 10.5. The number of rotatable bonds is 7. The van der Waals surface area contributed by atoms with E-state index in [2.05, 4.69) is 26.1 Å². The van der Waals surface area contributed by atoms with Crippen molar-refractivity contribution >= 4 is 28.1 Å². The van der Waals surface area contributed by atoms with Crippen molar-refractivity contribution in [2.75, 3.05) is 18.6 Å². The first-order chi connectivity index (χ1) is 14.3. The number of halogens is 1. The molecule has 7 heteroatoms. The molecule has 0 unspecified atom stereocenters. The second kappa shape index (κ2) is 9.26. The van der Waals surface area contributed by atoms with Crippen molar-refractivity contribution in [3.05, 3.63) is 71.0 Å². The van der Waals surface area contributed by atoms with Gasteiger partial charge < -0.3 is 15.0 Å². The van der Waals surface area contributed by atoms with Crippen LogP contribution in [0.1, 0.15) is 32.0 Å². The standard InChI is InChI=1S/C23H26FN3O2S/c1-23(2,3)20-15-30-22(26-20)27(18-9-11-19(29-4)12-10-18)14-21(28)25-13-16-5-7-17(24)8-6-16/h5-12,15H,13-14H2,1-4H3,(H,25,28). The van der Waals surface area contributed by atoms with Crippen LogP contribution in [-0.2, 0) is 16.8 Å². The van der Waals surface area contributed by atoms with Gasteiger partial charge in [-0.2, -0.15) is 0 Å². The first kappa shape index (κ1) is 21.8. The Morgan fingerprint density at radius 2 is 1.80 bits per heavy atom. The highest BCUT2D eigenvalue weighted by Gasteiger charge is 2.22. The quantitative estimate of drug-likeness (QED) is 0.574. The number of amides is 1. The Hall–Kier alpha value is -2.93. The molecule has 0 fully saturated rings. The molecule has 3 aromatic rings. The van der Waals surface area contributed by atoms with E-state index < -0.39 is 0 Å². The van der Waals surface area contributed by atoms with Gasteiger partial charge in [-0.3, -0.25) is 4.79 Å². The van der Waals surface area contributed by atoms with E-state index in [1.807, 2.05) is 34.5 Å². The summed E-state index contributed by atoms with van der Waals surface area (Å²) < 4.78 is 18.3. The maximum Gasteiger partial charge on any atom is 0.240 e. The van der Waals surface area contributed by atoms with Gasteiger partial charge in [-0.1, -0.05) is 32.9 Å². The molecule has 158 valence electrons. The number of nitrogens with zero attached hydrogens (tertiary/aromatic N) is 2. The van der Waals surface area contributed by atoms with Gasteiger partial charge in [-0.25, -0.2) is 9.37 Å². The first-order valence-electron chi connectivity index (χ1n) is 9.65. The Balaban J connectivity index is 1.78. The molecule has 1 N–H and O–H groups in total. The van der Waals surface area contributed by atoms with Crippen LogP contribution in [0, 0.1) is 5.82 Å². The highest BCUT2D eigenvalue weighted by molar-refractivity contribution is 7.13. The Labute approximate surface area is 180 Å². The predicted octanol–water partition coefficient (Wildman–Crippen LogP) is 5.04. The van der Waals surface area contributed by atoms with Crippen molar-refractivity contribution in [3.8, 4) is 5.75 Å². The molecule has 1 amide bonds. The van der Waals surface area contributed by atoms with Crippen LogP contribution in [0.3, 0.4) is 0 Å². The maximum absolute atomic E-state index is 13.1. The molecule has 0 aliphatic carbocycles. The summed E-state index contributed by atoms with van der Waals surface area (Å²) in [4.78, 5) is 19.4. The molecule has 0 saturated carbocycles. The second-order valence-electron chi connectivity index (χ2n) is 7.95. The van der Waals surface area contributed by atoms with Crippen molar-refractivity contribution in [3.63, 3.8) is 0 Å². The van der Waals surface area contributed by atoms with Crippen LogP contribution in [0.15, 0.2) is 53.9 Å². The van der Waals surface area contributed by atoms with E-state index in [1.54, 1.807) is 19.2 Å². The number of methoxy groups -OCH3 is 1. The van der Waals surface area contributed by atoms with Gasteiger partial charge in [0, 0.05) is 23.0 Å². The van der Waals surface area contributed by atoms with E-state index in [1.165, 1.54) is 23.5 Å². The molecule has 0 atom stereocenters. The number of benzene rings is 2. The summed E-state index contributed by atoms with van der Waals surface area (Å²) in [6, 6.07) is 13.6. The summed E-state index contributed by atoms with van der Waals surface area (Å²) in [6.07, 6.45) is 0. The second-order valence-corrected chi connectivity index (χ2v) is 8.79. The lowest BCUT2D eigenvalue weighted by Gasteiger charge is -2.22. The van der Waals surface area contributed by atoms with Crippen LogP contribution >= 0.6 is 11.3 Å². The number of hydrogen-bond donors (Lipinski definition) is 1. The van der Waals surface area contributed by atoms with Gasteiger partial charge in [-0.15, -0.1) is 11.3 Å². The fourth-order valence-corrected chi connectivity index (χ4v) is 3.84. The third kappa shape index (κ3) is 5.57. The number of hydrogen-bond acceptors (Lipinski definition) is 5. The van der Waals surface area contributed by atoms with Gasteiger partial charge in [0.05, 0.1) is 12.8 Å². The predicted molar refractivity (Wildman–Crippen MR) is 119 cm³/mol. The molecular formula is C23H26FN3O2S. The summed E-state index contributed by atoms with van der Waals surface area (Å²) in [6.45, 7) is 6.78. The average molecular weight is 428 g/mol. The van der Waals surface area contributed by atoms with Crippen LogP contribution in [0.5, 0.6) is 5.75 Å². The Morgan fingerprint density at radius 1 is 1.13 bits per heavy atom. The maximum atomic E-state index is 13.1. The molecular weight excluding hydrogens is 401 g/mol. The van der Waals surface area contributed by atoms with Crippen LogP contribution < -0.4 is 15.0 Å². The number of nitrogens with one attached hydrogen (secondary N) is 1. The van der Waals surface area contributed by atoms with E-state index in [-0.39, 0.29) is 23.7 Å². The van der Waals surface area contributed by atoms with E-state index in [0.717, 1.165) is 27.8 Å². The average Bonchev–Trinajstić information content (AvgIpc) is 3.22. The molecule has 1 heterocycles. The van der Waals surface area contributed by atoms with Crippen LogP contribution in [0.2, 0.25) is 0 Å². The van der Waals surface area contributed by atoms with Crippen molar-refractivity contribution < 1.29 is 13.9 Å². The highest BCUT2D eigenvalue weighted by atomic mass is 32.1. The highest BCUT2D eigenvalue weighted by Crippen LogP contribution is 2.33. The molecule has 0 aliphatic rings. The summed E-state index contributed by atoms with van der Waals surface area (Å²) in [5.74, 6) is 0.297. The monoisotopic (exact) mass is 427 g/mol. The van der Waals surface area contributed by atoms with E-state index in [0.29, 0.717) is 6.54 Å². The van der Waals surface area contributed by atoms with Gasteiger partial charge in [-0.05, 0) is 42.0 Å².